The van der Waals surface area contributed by atoms with Gasteiger partial charge in [0.05, 0.1) is 16.1 Å². The molecule has 0 spiro atoms. The van der Waals surface area contributed by atoms with E-state index in [-0.39, 0.29) is 11.4 Å². The lowest BCUT2D eigenvalue weighted by Gasteiger charge is -2.31. The summed E-state index contributed by atoms with van der Waals surface area (Å²) in [7, 11) is -3.98. The highest BCUT2D eigenvalue weighted by Crippen LogP contribution is 2.29. The molecule has 0 aromatic heterocycles. The predicted molar refractivity (Wildman–Crippen MR) is 71.6 cm³/mol. The van der Waals surface area contributed by atoms with Gasteiger partial charge >= 0.3 is 6.18 Å². The van der Waals surface area contributed by atoms with Crippen LogP contribution in [0.4, 0.5) is 13.2 Å². The monoisotopic (exact) mass is 339 g/mol. The quantitative estimate of drug-likeness (QED) is 0.872. The minimum absolute atomic E-state index is 0.209. The van der Waals surface area contributed by atoms with Crippen molar-refractivity contribution in [1.82, 2.24) is 4.72 Å². The molecule has 0 atom stereocenters. The van der Waals surface area contributed by atoms with Gasteiger partial charge in [0.1, 0.15) is 0 Å². The Hall–Kier alpha value is -1.16. The second-order valence-corrected chi connectivity index (χ2v) is 6.95. The highest BCUT2D eigenvalue weighted by Gasteiger charge is 2.33. The third-order valence-corrected chi connectivity index (χ3v) is 4.92. The average Bonchev–Trinajstić information content (AvgIpc) is 2.46. The fourth-order valence-corrected chi connectivity index (χ4v) is 3.18. The molecule has 0 amide bonds. The highest BCUT2D eigenvalue weighted by atomic mass is 32.2. The summed E-state index contributed by atoms with van der Waals surface area (Å²) in [6.45, 7) is 0.455. The van der Waals surface area contributed by atoms with Crippen LogP contribution in [0.5, 0.6) is 0 Å². The second-order valence-electron chi connectivity index (χ2n) is 5.18. The largest absolute Gasteiger partial charge is 0.416 e. The van der Waals surface area contributed by atoms with Crippen molar-refractivity contribution >= 4 is 10.0 Å². The fraction of sp³-hybridized carbons (Fsp3) is 0.538. The topological polar surface area (TPSA) is 75.6 Å². The lowest BCUT2D eigenvalue weighted by atomic mass is 9.95. The Bertz CT molecular complexity index is 607. The summed E-state index contributed by atoms with van der Waals surface area (Å²) in [6.07, 6.45) is -3.93. The SMILES string of the molecule is O=S(=O)(NCC1(O)CCOCC1)c1ccc(C(F)(F)F)cc1. The number of nitrogens with one attached hydrogen (secondary N) is 1. The van der Waals surface area contributed by atoms with Crippen LogP contribution in [-0.4, -0.2) is 38.9 Å². The van der Waals surface area contributed by atoms with Crippen LogP contribution < -0.4 is 4.72 Å². The first-order chi connectivity index (χ1) is 10.1. The molecule has 124 valence electrons. The summed E-state index contributed by atoms with van der Waals surface area (Å²) in [4.78, 5) is -0.281. The van der Waals surface area contributed by atoms with Crippen LogP contribution in [0.2, 0.25) is 0 Å². The summed E-state index contributed by atoms with van der Waals surface area (Å²) < 4.78 is 68.7. The van der Waals surface area contributed by atoms with Crippen molar-refractivity contribution in [2.24, 2.45) is 0 Å². The number of aliphatic hydroxyl groups is 1. The molecule has 0 aliphatic carbocycles. The van der Waals surface area contributed by atoms with Gasteiger partial charge in [-0.3, -0.25) is 0 Å². The van der Waals surface area contributed by atoms with Gasteiger partial charge < -0.3 is 9.84 Å². The molecule has 2 N–H and O–H groups in total. The maximum Gasteiger partial charge on any atom is 0.416 e. The first-order valence-electron chi connectivity index (χ1n) is 6.60. The van der Waals surface area contributed by atoms with Crippen molar-refractivity contribution in [2.45, 2.75) is 29.5 Å². The van der Waals surface area contributed by atoms with E-state index in [1.54, 1.807) is 0 Å². The number of rotatable bonds is 4. The summed E-state index contributed by atoms with van der Waals surface area (Å²) in [6, 6.07) is 3.19. The highest BCUT2D eigenvalue weighted by molar-refractivity contribution is 7.89. The number of sulfonamides is 1. The van der Waals surface area contributed by atoms with Gasteiger partial charge in [-0.15, -0.1) is 0 Å². The maximum absolute atomic E-state index is 12.4. The van der Waals surface area contributed by atoms with E-state index in [1.807, 2.05) is 0 Å². The first-order valence-corrected chi connectivity index (χ1v) is 8.08. The van der Waals surface area contributed by atoms with E-state index < -0.39 is 27.4 Å². The zero-order chi connectivity index (χ0) is 16.4. The predicted octanol–water partition coefficient (Wildman–Crippen LogP) is 1.53. The molecule has 1 saturated heterocycles. The van der Waals surface area contributed by atoms with E-state index in [0.29, 0.717) is 38.2 Å². The van der Waals surface area contributed by atoms with Crippen molar-refractivity contribution in [2.75, 3.05) is 19.8 Å². The lowest BCUT2D eigenvalue weighted by Crippen LogP contribution is -2.46. The van der Waals surface area contributed by atoms with Gasteiger partial charge in [-0.25, -0.2) is 13.1 Å². The van der Waals surface area contributed by atoms with Crippen molar-refractivity contribution in [3.05, 3.63) is 29.8 Å². The number of ether oxygens (including phenoxy) is 1. The van der Waals surface area contributed by atoms with E-state index in [0.717, 1.165) is 12.1 Å². The first kappa shape index (κ1) is 17.2. The molecule has 1 fully saturated rings. The Kier molecular flexibility index (Phi) is 4.81. The van der Waals surface area contributed by atoms with Gasteiger partial charge in [-0.1, -0.05) is 0 Å². The molecular weight excluding hydrogens is 323 g/mol. The van der Waals surface area contributed by atoms with Crippen LogP contribution in [0.15, 0.2) is 29.2 Å². The number of hydrogen-bond donors (Lipinski definition) is 2. The van der Waals surface area contributed by atoms with Crippen molar-refractivity contribution < 1.29 is 31.4 Å². The molecule has 1 aromatic carbocycles. The third-order valence-electron chi connectivity index (χ3n) is 3.51. The van der Waals surface area contributed by atoms with Gasteiger partial charge in [0.25, 0.3) is 0 Å². The molecule has 9 heteroatoms. The molecule has 1 aliphatic rings. The summed E-state index contributed by atoms with van der Waals surface area (Å²) >= 11 is 0. The van der Waals surface area contributed by atoms with Crippen LogP contribution >= 0.6 is 0 Å². The van der Waals surface area contributed by atoms with E-state index in [9.17, 15) is 26.7 Å². The van der Waals surface area contributed by atoms with Gasteiger partial charge in [0.15, 0.2) is 0 Å². The van der Waals surface area contributed by atoms with E-state index in [2.05, 4.69) is 4.72 Å². The summed E-state index contributed by atoms with van der Waals surface area (Å²) in [5.74, 6) is 0. The van der Waals surface area contributed by atoms with Crippen LogP contribution in [0.25, 0.3) is 0 Å². The molecule has 5 nitrogen and oxygen atoms in total. The molecule has 22 heavy (non-hydrogen) atoms. The van der Waals surface area contributed by atoms with Crippen LogP contribution in [0, 0.1) is 0 Å². The maximum atomic E-state index is 12.4. The van der Waals surface area contributed by atoms with Crippen LogP contribution in [-0.2, 0) is 20.9 Å². The molecular formula is C13H16F3NO4S. The number of hydrogen-bond acceptors (Lipinski definition) is 4. The Morgan fingerprint density at radius 3 is 2.23 bits per heavy atom. The Morgan fingerprint density at radius 1 is 1.18 bits per heavy atom. The van der Waals surface area contributed by atoms with Crippen molar-refractivity contribution in [3.8, 4) is 0 Å². The van der Waals surface area contributed by atoms with E-state index in [4.69, 9.17) is 4.74 Å². The minimum Gasteiger partial charge on any atom is -0.388 e. The minimum atomic E-state index is -4.52. The van der Waals surface area contributed by atoms with Crippen molar-refractivity contribution in [3.63, 3.8) is 0 Å². The molecule has 0 radical (unpaired) electrons. The molecule has 0 unspecified atom stereocenters. The normalized spacial score (nSPS) is 19.1. The van der Waals surface area contributed by atoms with Gasteiger partial charge in [-0.05, 0) is 24.3 Å². The van der Waals surface area contributed by atoms with Gasteiger partial charge in [0, 0.05) is 32.6 Å². The number of halogens is 3. The average molecular weight is 339 g/mol. The second kappa shape index (κ2) is 6.15. The smallest absolute Gasteiger partial charge is 0.388 e. The molecule has 1 aromatic rings. The molecule has 2 rings (SSSR count). The zero-order valence-corrected chi connectivity index (χ0v) is 12.4. The molecule has 0 saturated carbocycles. The molecule has 0 bridgehead atoms. The summed E-state index contributed by atoms with van der Waals surface area (Å²) in [5, 5.41) is 10.2. The Morgan fingerprint density at radius 2 is 1.73 bits per heavy atom. The molecule has 1 heterocycles. The number of benzene rings is 1. The van der Waals surface area contributed by atoms with Crippen LogP contribution in [0.3, 0.4) is 0 Å². The number of alkyl halides is 3. The lowest BCUT2D eigenvalue weighted by molar-refractivity contribution is -0.137. The zero-order valence-electron chi connectivity index (χ0n) is 11.6. The van der Waals surface area contributed by atoms with Crippen molar-refractivity contribution in [1.29, 1.82) is 0 Å². The van der Waals surface area contributed by atoms with Gasteiger partial charge in [-0.2, -0.15) is 13.2 Å². The Labute approximate surface area is 126 Å². The van der Waals surface area contributed by atoms with E-state index in [1.165, 1.54) is 0 Å². The van der Waals surface area contributed by atoms with E-state index >= 15 is 0 Å². The standard InChI is InChI=1S/C13H16F3NO4S/c14-13(15,16)10-1-3-11(4-2-10)22(19,20)17-9-12(18)5-7-21-8-6-12/h1-4,17-18H,5-9H2. The molecule has 1 aliphatic heterocycles. The Balaban J connectivity index is 2.07. The third kappa shape index (κ3) is 4.19. The fourth-order valence-electron chi connectivity index (χ4n) is 2.06. The van der Waals surface area contributed by atoms with Gasteiger partial charge in [0.2, 0.25) is 10.0 Å². The summed E-state index contributed by atoms with van der Waals surface area (Å²) in [5.41, 5.74) is -2.12. The van der Waals surface area contributed by atoms with Crippen LogP contribution in [0.1, 0.15) is 18.4 Å².